The molecule has 0 aliphatic heterocycles. The monoisotopic (exact) mass is 412 g/mol. The molecule has 2 aromatic heterocycles. The number of aromatic nitrogens is 2. The third-order valence-corrected chi connectivity index (χ3v) is 6.68. The highest BCUT2D eigenvalue weighted by molar-refractivity contribution is 7.20. The van der Waals surface area contributed by atoms with Crippen molar-refractivity contribution in [3.8, 4) is 0 Å². The first-order chi connectivity index (χ1) is 13.8. The first kappa shape index (κ1) is 19.8. The zero-order chi connectivity index (χ0) is 20.9. The summed E-state index contributed by atoms with van der Waals surface area (Å²) < 4.78 is 14.5. The molecule has 0 saturated heterocycles. The predicted molar refractivity (Wildman–Crippen MR) is 117 cm³/mol. The van der Waals surface area contributed by atoms with Gasteiger partial charge in [0.1, 0.15) is 16.5 Å². The lowest BCUT2D eigenvalue weighted by atomic mass is 10.1. The molecule has 1 aromatic carbocycles. The van der Waals surface area contributed by atoms with Crippen LogP contribution in [0.4, 0.5) is 15.8 Å². The summed E-state index contributed by atoms with van der Waals surface area (Å²) in [6.07, 6.45) is 2.27. The van der Waals surface area contributed by atoms with E-state index in [1.54, 1.807) is 12.1 Å². The number of anilines is 2. The van der Waals surface area contributed by atoms with E-state index in [1.165, 1.54) is 17.4 Å². The fraction of sp³-hybridized carbons (Fsp3) is 0.409. The minimum absolute atomic E-state index is 0.177. The first-order valence-corrected chi connectivity index (χ1v) is 10.7. The van der Waals surface area contributed by atoms with Gasteiger partial charge in [0, 0.05) is 30.1 Å². The molecule has 1 aliphatic rings. The first-order valence-electron chi connectivity index (χ1n) is 9.87. The van der Waals surface area contributed by atoms with E-state index >= 15 is 0 Å². The largest absolute Gasteiger partial charge is 0.370 e. The Balaban J connectivity index is 1.61. The highest BCUT2D eigenvalue weighted by Gasteiger charge is 2.28. The molecule has 4 rings (SSSR count). The Morgan fingerprint density at radius 3 is 2.62 bits per heavy atom. The van der Waals surface area contributed by atoms with E-state index in [4.69, 9.17) is 4.98 Å². The van der Waals surface area contributed by atoms with Crippen molar-refractivity contribution in [2.45, 2.75) is 52.5 Å². The molecule has 152 valence electrons. The molecule has 1 N–H and O–H groups in total. The zero-order valence-corrected chi connectivity index (χ0v) is 18.2. The minimum Gasteiger partial charge on any atom is -0.370 e. The van der Waals surface area contributed by atoms with Crippen LogP contribution in [-0.4, -0.2) is 29.0 Å². The third-order valence-electron chi connectivity index (χ3n) is 5.50. The molecule has 5 nitrogen and oxygen atoms in total. The quantitative estimate of drug-likeness (QED) is 0.608. The second kappa shape index (κ2) is 7.37. The van der Waals surface area contributed by atoms with Crippen LogP contribution >= 0.6 is 11.3 Å². The molecule has 0 spiro atoms. The number of nitrogens with one attached hydrogen (secondary N) is 1. The number of benzene rings is 1. The Kier molecular flexibility index (Phi) is 5.02. The number of aryl methyl sites for hydroxylation is 2. The Hall–Kier alpha value is -2.54. The molecular weight excluding hydrogens is 387 g/mol. The molecule has 0 bridgehead atoms. The van der Waals surface area contributed by atoms with Crippen LogP contribution in [0, 0.1) is 19.7 Å². The van der Waals surface area contributed by atoms with Crippen molar-refractivity contribution in [3.63, 3.8) is 0 Å². The number of nitrogens with zero attached hydrogens (tertiary/aromatic N) is 3. The molecule has 0 unspecified atom stereocenters. The molecule has 1 saturated carbocycles. The number of halogens is 1. The molecule has 1 amide bonds. The number of rotatable bonds is 5. The molecule has 3 aromatic rings. The molecule has 29 heavy (non-hydrogen) atoms. The number of hydrogen-bond donors (Lipinski definition) is 1. The van der Waals surface area contributed by atoms with Crippen LogP contribution in [0.5, 0.6) is 0 Å². The van der Waals surface area contributed by atoms with E-state index in [0.29, 0.717) is 22.2 Å². The molecular formula is C22H25FN4OS. The van der Waals surface area contributed by atoms with Gasteiger partial charge in [0.15, 0.2) is 0 Å². The fourth-order valence-electron chi connectivity index (χ4n) is 3.44. The van der Waals surface area contributed by atoms with Gasteiger partial charge in [0.25, 0.3) is 5.91 Å². The van der Waals surface area contributed by atoms with Gasteiger partial charge in [0.05, 0.1) is 16.3 Å². The van der Waals surface area contributed by atoms with E-state index in [2.05, 4.69) is 10.3 Å². The van der Waals surface area contributed by atoms with E-state index in [1.807, 2.05) is 39.6 Å². The molecule has 0 radical (unpaired) electrons. The van der Waals surface area contributed by atoms with Crippen molar-refractivity contribution in [2.24, 2.45) is 0 Å². The van der Waals surface area contributed by atoms with Crippen LogP contribution in [0.1, 0.15) is 59.4 Å². The summed E-state index contributed by atoms with van der Waals surface area (Å²) in [6.45, 7) is 7.89. The number of carbonyl (C=O) groups excluding carboxylic acids is 1. The van der Waals surface area contributed by atoms with E-state index in [-0.39, 0.29) is 17.8 Å². The second-order valence-electron chi connectivity index (χ2n) is 8.00. The molecule has 7 heteroatoms. The lowest BCUT2D eigenvalue weighted by Crippen LogP contribution is -2.26. The van der Waals surface area contributed by atoms with Crippen LogP contribution in [-0.2, 0) is 0 Å². The summed E-state index contributed by atoms with van der Waals surface area (Å²) in [5, 5.41) is 3.78. The minimum atomic E-state index is -0.358. The van der Waals surface area contributed by atoms with Gasteiger partial charge in [-0.15, -0.1) is 11.3 Å². The molecule has 2 heterocycles. The molecule has 1 aliphatic carbocycles. The van der Waals surface area contributed by atoms with Crippen molar-refractivity contribution in [1.29, 1.82) is 0 Å². The Labute approximate surface area is 174 Å². The van der Waals surface area contributed by atoms with Crippen LogP contribution in [0.25, 0.3) is 10.2 Å². The van der Waals surface area contributed by atoms with E-state index < -0.39 is 0 Å². The summed E-state index contributed by atoms with van der Waals surface area (Å²) in [5.41, 5.74) is 2.73. The topological polar surface area (TPSA) is 58.1 Å². The van der Waals surface area contributed by atoms with Crippen molar-refractivity contribution in [3.05, 3.63) is 46.0 Å². The van der Waals surface area contributed by atoms with Gasteiger partial charge < -0.3 is 10.2 Å². The Morgan fingerprint density at radius 2 is 2.00 bits per heavy atom. The van der Waals surface area contributed by atoms with E-state index in [0.717, 1.165) is 40.1 Å². The average molecular weight is 413 g/mol. The SMILES string of the molecule is Cc1nc(C2CC2)nc2sc(C(=O)Nc3ccc(N(C)C(C)C)c(F)c3)c(C)c12. The van der Waals surface area contributed by atoms with Crippen LogP contribution < -0.4 is 10.2 Å². The van der Waals surface area contributed by atoms with Crippen LogP contribution in [0.15, 0.2) is 18.2 Å². The van der Waals surface area contributed by atoms with Gasteiger partial charge in [-0.1, -0.05) is 0 Å². The van der Waals surface area contributed by atoms with Gasteiger partial charge in [-0.05, 0) is 64.3 Å². The number of carbonyl (C=O) groups is 1. The van der Waals surface area contributed by atoms with Gasteiger partial charge in [-0.3, -0.25) is 4.79 Å². The lowest BCUT2D eigenvalue weighted by Gasteiger charge is -2.24. The van der Waals surface area contributed by atoms with Gasteiger partial charge in [-0.25, -0.2) is 14.4 Å². The summed E-state index contributed by atoms with van der Waals surface area (Å²) >= 11 is 1.38. The summed E-state index contributed by atoms with van der Waals surface area (Å²) in [7, 11) is 1.85. The van der Waals surface area contributed by atoms with Crippen LogP contribution in [0.3, 0.4) is 0 Å². The molecule has 1 fully saturated rings. The van der Waals surface area contributed by atoms with Gasteiger partial charge in [0.2, 0.25) is 0 Å². The highest BCUT2D eigenvalue weighted by atomic mass is 32.1. The zero-order valence-electron chi connectivity index (χ0n) is 17.3. The number of fused-ring (bicyclic) bond motifs is 1. The third kappa shape index (κ3) is 3.71. The maximum absolute atomic E-state index is 14.5. The van der Waals surface area contributed by atoms with Crippen molar-refractivity contribution < 1.29 is 9.18 Å². The van der Waals surface area contributed by atoms with Gasteiger partial charge >= 0.3 is 0 Å². The number of hydrogen-bond acceptors (Lipinski definition) is 5. The van der Waals surface area contributed by atoms with E-state index in [9.17, 15) is 9.18 Å². The maximum Gasteiger partial charge on any atom is 0.266 e. The maximum atomic E-state index is 14.5. The molecule has 0 atom stereocenters. The summed E-state index contributed by atoms with van der Waals surface area (Å²) in [5.74, 6) is 0.739. The van der Waals surface area contributed by atoms with Crippen LogP contribution in [0.2, 0.25) is 0 Å². The normalized spacial score (nSPS) is 13.9. The average Bonchev–Trinajstić information content (AvgIpc) is 3.45. The summed E-state index contributed by atoms with van der Waals surface area (Å²) in [6, 6.07) is 4.97. The highest BCUT2D eigenvalue weighted by Crippen LogP contribution is 2.40. The predicted octanol–water partition coefficient (Wildman–Crippen LogP) is 5.42. The number of amides is 1. The van der Waals surface area contributed by atoms with Crippen molar-refractivity contribution in [1.82, 2.24) is 9.97 Å². The second-order valence-corrected chi connectivity index (χ2v) is 9.00. The van der Waals surface area contributed by atoms with Gasteiger partial charge in [-0.2, -0.15) is 0 Å². The smallest absolute Gasteiger partial charge is 0.266 e. The van der Waals surface area contributed by atoms with Crippen molar-refractivity contribution in [2.75, 3.05) is 17.3 Å². The number of thiophene rings is 1. The van der Waals surface area contributed by atoms with Crippen molar-refractivity contribution >= 4 is 38.8 Å². The summed E-state index contributed by atoms with van der Waals surface area (Å²) in [4.78, 5) is 25.5. The standard InChI is InChI=1S/C22H25FN4OS/c1-11(2)27(5)17-9-8-15(10-16(17)23)25-21(28)19-12(3)18-13(4)24-20(14-6-7-14)26-22(18)29-19/h8-11,14H,6-7H2,1-5H3,(H,25,28). The Morgan fingerprint density at radius 1 is 1.28 bits per heavy atom. The fourth-order valence-corrected chi connectivity index (χ4v) is 4.57. The Bertz CT molecular complexity index is 1100. The lowest BCUT2D eigenvalue weighted by molar-refractivity contribution is 0.103.